The summed E-state index contributed by atoms with van der Waals surface area (Å²) in [6.45, 7) is 1.63. The summed E-state index contributed by atoms with van der Waals surface area (Å²) in [5.41, 5.74) is 0.506. The van der Waals surface area contributed by atoms with Gasteiger partial charge < -0.3 is 15.5 Å². The van der Waals surface area contributed by atoms with Crippen molar-refractivity contribution in [2.24, 2.45) is 0 Å². The Kier molecular flexibility index (Phi) is 4.68. The van der Waals surface area contributed by atoms with E-state index in [-0.39, 0.29) is 5.91 Å². The summed E-state index contributed by atoms with van der Waals surface area (Å²) in [5.74, 6) is 0.489. The summed E-state index contributed by atoms with van der Waals surface area (Å²) in [6, 6.07) is 0.519. The van der Waals surface area contributed by atoms with E-state index in [1.165, 1.54) is 12.8 Å². The number of anilines is 1. The first-order chi connectivity index (χ1) is 9.15. The number of nitrogens with zero attached hydrogens (tertiary/aromatic N) is 3. The number of carbonyl (C=O) groups excluding carboxylic acids is 1. The summed E-state index contributed by atoms with van der Waals surface area (Å²) in [4.78, 5) is 22.2. The lowest BCUT2D eigenvalue weighted by Gasteiger charge is -2.09. The van der Waals surface area contributed by atoms with Crippen LogP contribution in [0.1, 0.15) is 29.6 Å². The van der Waals surface area contributed by atoms with Gasteiger partial charge in [-0.25, -0.2) is 9.97 Å². The van der Waals surface area contributed by atoms with Crippen molar-refractivity contribution >= 4 is 11.9 Å². The molecule has 0 unspecified atom stereocenters. The van der Waals surface area contributed by atoms with Gasteiger partial charge in [0.2, 0.25) is 5.95 Å². The molecule has 0 spiro atoms. The molecule has 1 aromatic heterocycles. The lowest BCUT2D eigenvalue weighted by molar-refractivity contribution is 0.0951. The van der Waals surface area contributed by atoms with E-state index in [1.807, 2.05) is 14.1 Å². The van der Waals surface area contributed by atoms with E-state index in [9.17, 15) is 4.79 Å². The molecular formula is C13H21N5O. The molecule has 0 aliphatic heterocycles. The summed E-state index contributed by atoms with van der Waals surface area (Å²) < 4.78 is 0. The van der Waals surface area contributed by atoms with Gasteiger partial charge in [-0.15, -0.1) is 0 Å². The van der Waals surface area contributed by atoms with Crippen LogP contribution in [0.5, 0.6) is 0 Å². The summed E-state index contributed by atoms with van der Waals surface area (Å²) in [6.07, 6.45) is 6.42. The number of carbonyl (C=O) groups is 1. The first-order valence-corrected chi connectivity index (χ1v) is 6.66. The standard InChI is InChI=1S/C13H21N5O/c1-18(2)7-3-6-14-12(19)10-8-15-13(16-9-10)17-11-4-5-11/h8-9,11H,3-7H2,1-2H3,(H,14,19)(H,15,16,17). The van der Waals surface area contributed by atoms with Crippen molar-refractivity contribution in [3.63, 3.8) is 0 Å². The molecule has 1 aliphatic rings. The van der Waals surface area contributed by atoms with Crippen LogP contribution < -0.4 is 10.6 Å². The third kappa shape index (κ3) is 4.82. The molecule has 6 nitrogen and oxygen atoms in total. The van der Waals surface area contributed by atoms with Crippen LogP contribution in [-0.2, 0) is 0 Å². The first kappa shape index (κ1) is 13.7. The van der Waals surface area contributed by atoms with Gasteiger partial charge in [-0.05, 0) is 39.9 Å². The molecule has 1 saturated carbocycles. The number of aromatic nitrogens is 2. The van der Waals surface area contributed by atoms with E-state index in [2.05, 4.69) is 25.5 Å². The predicted octanol–water partition coefficient (Wildman–Crippen LogP) is 0.732. The van der Waals surface area contributed by atoms with E-state index >= 15 is 0 Å². The van der Waals surface area contributed by atoms with Crippen LogP contribution in [0.25, 0.3) is 0 Å². The molecule has 2 N–H and O–H groups in total. The maximum atomic E-state index is 11.8. The minimum absolute atomic E-state index is 0.114. The number of rotatable bonds is 7. The molecule has 19 heavy (non-hydrogen) atoms. The second-order valence-corrected chi connectivity index (χ2v) is 5.13. The van der Waals surface area contributed by atoms with Crippen molar-refractivity contribution in [1.82, 2.24) is 20.2 Å². The third-order valence-electron chi connectivity index (χ3n) is 2.89. The van der Waals surface area contributed by atoms with Crippen LogP contribution in [0.2, 0.25) is 0 Å². The van der Waals surface area contributed by atoms with Gasteiger partial charge in [0.15, 0.2) is 0 Å². The van der Waals surface area contributed by atoms with E-state index in [0.29, 0.717) is 24.1 Å². The molecule has 1 amide bonds. The molecule has 0 bridgehead atoms. The molecule has 104 valence electrons. The zero-order valence-corrected chi connectivity index (χ0v) is 11.5. The van der Waals surface area contributed by atoms with Crippen LogP contribution in [-0.4, -0.2) is 54.0 Å². The van der Waals surface area contributed by atoms with E-state index in [4.69, 9.17) is 0 Å². The zero-order valence-electron chi connectivity index (χ0n) is 11.5. The number of hydrogen-bond acceptors (Lipinski definition) is 5. The minimum Gasteiger partial charge on any atom is -0.352 e. The maximum absolute atomic E-state index is 11.8. The monoisotopic (exact) mass is 263 g/mol. The zero-order chi connectivity index (χ0) is 13.7. The van der Waals surface area contributed by atoms with Gasteiger partial charge in [0, 0.05) is 25.0 Å². The molecule has 2 rings (SSSR count). The van der Waals surface area contributed by atoms with E-state index in [0.717, 1.165) is 13.0 Å². The van der Waals surface area contributed by atoms with Crippen LogP contribution in [0.3, 0.4) is 0 Å². The van der Waals surface area contributed by atoms with Crippen molar-refractivity contribution < 1.29 is 4.79 Å². The molecule has 0 atom stereocenters. The summed E-state index contributed by atoms with van der Waals surface area (Å²) in [5, 5.41) is 6.05. The molecule has 0 saturated heterocycles. The summed E-state index contributed by atoms with van der Waals surface area (Å²) in [7, 11) is 4.03. The van der Waals surface area contributed by atoms with Crippen molar-refractivity contribution in [2.45, 2.75) is 25.3 Å². The van der Waals surface area contributed by atoms with Crippen molar-refractivity contribution in [2.75, 3.05) is 32.5 Å². The molecule has 0 aromatic carbocycles. The Morgan fingerprint density at radius 1 is 1.37 bits per heavy atom. The minimum atomic E-state index is -0.114. The largest absolute Gasteiger partial charge is 0.352 e. The fraction of sp³-hybridized carbons (Fsp3) is 0.615. The fourth-order valence-corrected chi connectivity index (χ4v) is 1.63. The van der Waals surface area contributed by atoms with Crippen LogP contribution in [0, 0.1) is 0 Å². The van der Waals surface area contributed by atoms with Crippen LogP contribution in [0.15, 0.2) is 12.4 Å². The lowest BCUT2D eigenvalue weighted by atomic mass is 10.3. The predicted molar refractivity (Wildman–Crippen MR) is 74.2 cm³/mol. The van der Waals surface area contributed by atoms with Gasteiger partial charge in [0.1, 0.15) is 0 Å². The highest BCUT2D eigenvalue weighted by Gasteiger charge is 2.21. The van der Waals surface area contributed by atoms with Crippen molar-refractivity contribution in [1.29, 1.82) is 0 Å². The average Bonchev–Trinajstić information content (AvgIpc) is 3.19. The van der Waals surface area contributed by atoms with Crippen molar-refractivity contribution in [3.8, 4) is 0 Å². The SMILES string of the molecule is CN(C)CCCNC(=O)c1cnc(NC2CC2)nc1. The van der Waals surface area contributed by atoms with E-state index in [1.54, 1.807) is 12.4 Å². The number of nitrogens with one attached hydrogen (secondary N) is 2. The molecule has 1 aromatic rings. The third-order valence-corrected chi connectivity index (χ3v) is 2.89. The highest BCUT2D eigenvalue weighted by Crippen LogP contribution is 2.22. The highest BCUT2D eigenvalue weighted by molar-refractivity contribution is 5.93. The quantitative estimate of drug-likeness (QED) is 0.710. The Labute approximate surface area is 113 Å². The Bertz CT molecular complexity index is 414. The Hall–Kier alpha value is -1.69. The summed E-state index contributed by atoms with van der Waals surface area (Å²) >= 11 is 0. The Balaban J connectivity index is 1.75. The van der Waals surface area contributed by atoms with Gasteiger partial charge in [-0.1, -0.05) is 0 Å². The normalized spacial score (nSPS) is 14.5. The number of hydrogen-bond donors (Lipinski definition) is 2. The molecule has 1 fully saturated rings. The molecular weight excluding hydrogens is 242 g/mol. The van der Waals surface area contributed by atoms with Crippen LogP contribution in [0.4, 0.5) is 5.95 Å². The Morgan fingerprint density at radius 2 is 2.05 bits per heavy atom. The average molecular weight is 263 g/mol. The van der Waals surface area contributed by atoms with Gasteiger partial charge in [0.25, 0.3) is 5.91 Å². The molecule has 6 heteroatoms. The van der Waals surface area contributed by atoms with Gasteiger partial charge in [0.05, 0.1) is 5.56 Å². The highest BCUT2D eigenvalue weighted by atomic mass is 16.1. The second-order valence-electron chi connectivity index (χ2n) is 5.13. The topological polar surface area (TPSA) is 70.2 Å². The maximum Gasteiger partial charge on any atom is 0.254 e. The molecule has 0 radical (unpaired) electrons. The molecule has 1 aliphatic carbocycles. The van der Waals surface area contributed by atoms with Gasteiger partial charge in [-0.3, -0.25) is 4.79 Å². The van der Waals surface area contributed by atoms with Crippen molar-refractivity contribution in [3.05, 3.63) is 18.0 Å². The van der Waals surface area contributed by atoms with E-state index < -0.39 is 0 Å². The number of amides is 1. The van der Waals surface area contributed by atoms with Gasteiger partial charge in [-0.2, -0.15) is 0 Å². The smallest absolute Gasteiger partial charge is 0.254 e. The second kappa shape index (κ2) is 6.47. The lowest BCUT2D eigenvalue weighted by Crippen LogP contribution is -2.27. The van der Waals surface area contributed by atoms with Gasteiger partial charge >= 0.3 is 0 Å². The molecule has 1 heterocycles. The first-order valence-electron chi connectivity index (χ1n) is 6.66. The van der Waals surface area contributed by atoms with Crippen LogP contribution >= 0.6 is 0 Å². The Morgan fingerprint density at radius 3 is 2.63 bits per heavy atom. The fourth-order valence-electron chi connectivity index (χ4n) is 1.63.